The molecule has 0 amide bonds. The number of halogens is 2. The van der Waals surface area contributed by atoms with Crippen molar-refractivity contribution in [3.8, 4) is 17.0 Å². The van der Waals surface area contributed by atoms with Gasteiger partial charge in [-0.1, -0.05) is 0 Å². The fourth-order valence-electron chi connectivity index (χ4n) is 2.11. The fourth-order valence-corrected chi connectivity index (χ4v) is 2.11. The number of fused-ring (bicyclic) bond motifs is 1. The lowest BCUT2D eigenvalue weighted by molar-refractivity contribution is 0.415. The van der Waals surface area contributed by atoms with Gasteiger partial charge in [-0.05, 0) is 42.5 Å². The molecule has 0 saturated heterocycles. The van der Waals surface area contributed by atoms with E-state index in [0.29, 0.717) is 22.1 Å². The molecule has 0 fully saturated rings. The van der Waals surface area contributed by atoms with Gasteiger partial charge in [0.1, 0.15) is 17.3 Å². The van der Waals surface area contributed by atoms with E-state index in [9.17, 15) is 8.78 Å². The predicted octanol–water partition coefficient (Wildman–Crippen LogP) is 4.19. The highest BCUT2D eigenvalue weighted by atomic mass is 19.1. The maximum absolute atomic E-state index is 14.5. The first-order chi connectivity index (χ1) is 9.69. The SMILES string of the molecule is COc1ccc(-c2ncc3cc(F)ccc3c2[18F])cc1. The maximum atomic E-state index is 14.5. The highest BCUT2D eigenvalue weighted by Crippen LogP contribution is 2.28. The van der Waals surface area contributed by atoms with Gasteiger partial charge >= 0.3 is 0 Å². The average molecular weight is 270 g/mol. The van der Waals surface area contributed by atoms with Crippen LogP contribution in [0, 0.1) is 11.6 Å². The van der Waals surface area contributed by atoms with Gasteiger partial charge in [0.15, 0.2) is 5.82 Å². The number of rotatable bonds is 2. The van der Waals surface area contributed by atoms with Gasteiger partial charge in [0.2, 0.25) is 0 Å². The van der Waals surface area contributed by atoms with Gasteiger partial charge in [-0.3, -0.25) is 4.98 Å². The van der Waals surface area contributed by atoms with Gasteiger partial charge in [-0.2, -0.15) is 0 Å². The summed E-state index contributed by atoms with van der Waals surface area (Å²) in [5.41, 5.74) is 0.890. The molecule has 1 aromatic heterocycles. The molecular formula is C16H11F2NO. The average Bonchev–Trinajstić information content (AvgIpc) is 2.48. The van der Waals surface area contributed by atoms with Crippen molar-refractivity contribution in [2.75, 3.05) is 7.11 Å². The fraction of sp³-hybridized carbons (Fsp3) is 0.0625. The van der Waals surface area contributed by atoms with Crippen LogP contribution in [-0.2, 0) is 0 Å². The molecule has 0 atom stereocenters. The van der Waals surface area contributed by atoms with E-state index in [4.69, 9.17) is 4.74 Å². The van der Waals surface area contributed by atoms with Crippen LogP contribution in [0.1, 0.15) is 0 Å². The van der Waals surface area contributed by atoms with Crippen LogP contribution in [0.3, 0.4) is 0 Å². The molecule has 0 aliphatic rings. The zero-order chi connectivity index (χ0) is 14.1. The van der Waals surface area contributed by atoms with Gasteiger partial charge in [0, 0.05) is 22.5 Å². The van der Waals surface area contributed by atoms with Crippen molar-refractivity contribution < 1.29 is 13.5 Å². The minimum atomic E-state index is -0.451. The van der Waals surface area contributed by atoms with Gasteiger partial charge in [-0.15, -0.1) is 0 Å². The Balaban J connectivity index is 2.16. The molecule has 4 heteroatoms. The topological polar surface area (TPSA) is 22.1 Å². The third kappa shape index (κ3) is 2.09. The molecule has 1 heterocycles. The molecule has 0 spiro atoms. The van der Waals surface area contributed by atoms with Crippen molar-refractivity contribution in [3.05, 3.63) is 60.3 Å². The number of ether oxygens (including phenoxy) is 1. The summed E-state index contributed by atoms with van der Waals surface area (Å²) in [4.78, 5) is 4.09. The standard InChI is InChI=1S/C16H11F2NO/c1-20-13-5-2-10(3-6-13)16-15(18)14-7-4-12(17)8-11(14)9-19-16/h2-9H,1H3/i18-1. The van der Waals surface area contributed by atoms with Crippen LogP contribution in [0.25, 0.3) is 22.0 Å². The quantitative estimate of drug-likeness (QED) is 0.696. The summed E-state index contributed by atoms with van der Waals surface area (Å²) in [6.07, 6.45) is 1.47. The monoisotopic (exact) mass is 270 g/mol. The van der Waals surface area contributed by atoms with Crippen molar-refractivity contribution in [3.63, 3.8) is 0 Å². The maximum Gasteiger partial charge on any atom is 0.157 e. The van der Waals surface area contributed by atoms with E-state index in [1.165, 1.54) is 24.4 Å². The molecule has 0 radical (unpaired) electrons. The number of benzene rings is 2. The largest absolute Gasteiger partial charge is 0.497 e. The second-order valence-electron chi connectivity index (χ2n) is 4.38. The highest BCUT2D eigenvalue weighted by Gasteiger charge is 2.11. The van der Waals surface area contributed by atoms with E-state index in [0.717, 1.165) is 0 Å². The van der Waals surface area contributed by atoms with Gasteiger partial charge < -0.3 is 4.74 Å². The van der Waals surface area contributed by atoms with Crippen LogP contribution >= 0.6 is 0 Å². The molecule has 0 aliphatic carbocycles. The van der Waals surface area contributed by atoms with E-state index in [2.05, 4.69) is 4.98 Å². The van der Waals surface area contributed by atoms with Crippen LogP contribution in [0.5, 0.6) is 5.75 Å². The summed E-state index contributed by atoms with van der Waals surface area (Å²) in [6.45, 7) is 0. The third-order valence-corrected chi connectivity index (χ3v) is 3.15. The molecule has 20 heavy (non-hydrogen) atoms. The highest BCUT2D eigenvalue weighted by molar-refractivity contribution is 5.86. The van der Waals surface area contributed by atoms with Gasteiger partial charge in [-0.25, -0.2) is 8.78 Å². The van der Waals surface area contributed by atoms with E-state index < -0.39 is 11.6 Å². The van der Waals surface area contributed by atoms with E-state index >= 15 is 0 Å². The smallest absolute Gasteiger partial charge is 0.157 e. The van der Waals surface area contributed by atoms with Crippen LogP contribution in [0.4, 0.5) is 8.78 Å². The molecule has 0 saturated carbocycles. The van der Waals surface area contributed by atoms with E-state index in [1.54, 1.807) is 31.4 Å². The molecule has 0 unspecified atom stereocenters. The Bertz CT molecular complexity index is 769. The van der Waals surface area contributed by atoms with Crippen molar-refractivity contribution in [1.82, 2.24) is 4.98 Å². The van der Waals surface area contributed by atoms with Crippen molar-refractivity contribution in [2.24, 2.45) is 0 Å². The Hall–Kier alpha value is -2.49. The number of hydrogen-bond donors (Lipinski definition) is 0. The van der Waals surface area contributed by atoms with Gasteiger partial charge in [0.25, 0.3) is 0 Å². The Morgan fingerprint density at radius 3 is 2.45 bits per heavy atom. The lowest BCUT2D eigenvalue weighted by Gasteiger charge is -2.07. The molecule has 0 aliphatic heterocycles. The lowest BCUT2D eigenvalue weighted by Crippen LogP contribution is -1.92. The van der Waals surface area contributed by atoms with Crippen molar-refractivity contribution >= 4 is 10.8 Å². The minimum absolute atomic E-state index is 0.242. The number of pyridine rings is 1. The molecular weight excluding hydrogens is 259 g/mol. The van der Waals surface area contributed by atoms with E-state index in [1.807, 2.05) is 0 Å². The van der Waals surface area contributed by atoms with E-state index in [-0.39, 0.29) is 5.69 Å². The summed E-state index contributed by atoms with van der Waals surface area (Å²) in [7, 11) is 1.57. The van der Waals surface area contributed by atoms with Crippen LogP contribution in [0.15, 0.2) is 48.7 Å². The Morgan fingerprint density at radius 2 is 1.75 bits per heavy atom. The van der Waals surface area contributed by atoms with Gasteiger partial charge in [0.05, 0.1) is 7.11 Å². The summed E-state index contributed by atoms with van der Waals surface area (Å²) < 4.78 is 32.6. The third-order valence-electron chi connectivity index (χ3n) is 3.15. The molecule has 0 N–H and O–H groups in total. The molecule has 2 aromatic carbocycles. The van der Waals surface area contributed by atoms with Crippen molar-refractivity contribution in [1.29, 1.82) is 0 Å². The number of nitrogens with zero attached hydrogens (tertiary/aromatic N) is 1. The Labute approximate surface area is 114 Å². The van der Waals surface area contributed by atoms with Crippen LogP contribution in [-0.4, -0.2) is 12.1 Å². The minimum Gasteiger partial charge on any atom is -0.497 e. The first-order valence-corrected chi connectivity index (χ1v) is 6.07. The first kappa shape index (κ1) is 12.5. The molecule has 3 aromatic rings. The van der Waals surface area contributed by atoms with Crippen molar-refractivity contribution in [2.45, 2.75) is 0 Å². The summed E-state index contributed by atoms with van der Waals surface area (Å²) in [5.74, 6) is -0.166. The van der Waals surface area contributed by atoms with Crippen LogP contribution in [0.2, 0.25) is 0 Å². The lowest BCUT2D eigenvalue weighted by atomic mass is 10.1. The Kier molecular flexibility index (Phi) is 3.06. The number of hydrogen-bond acceptors (Lipinski definition) is 2. The predicted molar refractivity (Wildman–Crippen MR) is 73.6 cm³/mol. The molecule has 3 rings (SSSR count). The normalized spacial score (nSPS) is 10.8. The molecule has 100 valence electrons. The zero-order valence-corrected chi connectivity index (χ0v) is 10.7. The summed E-state index contributed by atoms with van der Waals surface area (Å²) in [5, 5.41) is 0.798. The Morgan fingerprint density at radius 1 is 1.00 bits per heavy atom. The van der Waals surface area contributed by atoms with Crippen LogP contribution < -0.4 is 4.74 Å². The summed E-state index contributed by atoms with van der Waals surface area (Å²) >= 11 is 0. The first-order valence-electron chi connectivity index (χ1n) is 6.07. The zero-order valence-electron chi connectivity index (χ0n) is 10.7. The number of methoxy groups -OCH3 is 1. The molecule has 0 bridgehead atoms. The second-order valence-corrected chi connectivity index (χ2v) is 4.38. The molecule has 2 nitrogen and oxygen atoms in total. The summed E-state index contributed by atoms with van der Waals surface area (Å²) in [6, 6.07) is 10.9. The number of aromatic nitrogens is 1. The second kappa shape index (κ2) is 4.89.